The van der Waals surface area contributed by atoms with E-state index in [0.29, 0.717) is 11.3 Å². The molecule has 4 aromatic rings. The predicted molar refractivity (Wildman–Crippen MR) is 181 cm³/mol. The van der Waals surface area contributed by atoms with Gasteiger partial charge in [-0.15, -0.1) is 0 Å². The number of nitrogens with zero attached hydrogens (tertiary/aromatic N) is 1. The Hall–Kier alpha value is -2.36. The van der Waals surface area contributed by atoms with Crippen LogP contribution in [0.1, 0.15) is 99.2 Å². The maximum Gasteiger partial charge on any atom is 0.0467 e. The van der Waals surface area contributed by atoms with Gasteiger partial charge in [-0.3, -0.25) is 0 Å². The third-order valence-corrected chi connectivity index (χ3v) is 10.3. The Morgan fingerprint density at radius 1 is 0.525 bits per heavy atom. The number of halogens is 2. The molecule has 0 fully saturated rings. The van der Waals surface area contributed by atoms with E-state index < -0.39 is 68.5 Å². The zero-order chi connectivity index (χ0) is 44.4. The molecule has 0 N–H and O–H groups in total. The van der Waals surface area contributed by atoms with Crippen LogP contribution < -0.4 is 4.90 Å². The van der Waals surface area contributed by atoms with Crippen molar-refractivity contribution in [3.63, 3.8) is 0 Å². The number of anilines is 3. The lowest BCUT2D eigenvalue weighted by Gasteiger charge is -2.44. The summed E-state index contributed by atoms with van der Waals surface area (Å²) in [6.07, 6.45) is 0. The van der Waals surface area contributed by atoms with Gasteiger partial charge in [0.15, 0.2) is 0 Å². The Kier molecular flexibility index (Phi) is 3.51. The minimum absolute atomic E-state index is 0.0530. The summed E-state index contributed by atoms with van der Waals surface area (Å²) in [5.41, 5.74) is -8.03. The second kappa shape index (κ2) is 9.88. The van der Waals surface area contributed by atoms with Crippen LogP contribution in [-0.4, -0.2) is 0 Å². The maximum atomic E-state index is 8.76. The van der Waals surface area contributed by atoms with E-state index in [9.17, 15) is 0 Å². The molecule has 0 aromatic heterocycles. The predicted octanol–water partition coefficient (Wildman–Crippen LogP) is 12.2. The van der Waals surface area contributed by atoms with Crippen LogP contribution in [-0.2, 0) is 10.8 Å². The van der Waals surface area contributed by atoms with E-state index in [1.807, 2.05) is 56.9 Å². The molecule has 0 unspecified atom stereocenters. The summed E-state index contributed by atoms with van der Waals surface area (Å²) < 4.78 is 159. The maximum absolute atomic E-state index is 8.76. The SMILES string of the molecule is [2H]C([2H])([2H])C1(C([2H])([2H])[2H])c2ccc(-c3ccc(N(c4cc(C)c(Br)c(C)c4)c4cc(C)c(Br)c(C)c4)cc3)cc2C(C([2H])([2H])[2H])(C([2H])([2H])[2H])C1(C([2H])([2H])[2H])C([2H])([2H])[2H]. The first-order valence-electron chi connectivity index (χ1n) is 21.7. The van der Waals surface area contributed by atoms with Crippen molar-refractivity contribution >= 4 is 48.9 Å². The highest BCUT2D eigenvalue weighted by Crippen LogP contribution is 2.61. The number of aryl methyl sites for hydroxylation is 4. The average molecular weight is 678 g/mol. The molecule has 0 saturated heterocycles. The van der Waals surface area contributed by atoms with Crippen molar-refractivity contribution in [3.8, 4) is 11.1 Å². The fourth-order valence-corrected chi connectivity index (χ4v) is 5.86. The number of hydrogen-bond acceptors (Lipinski definition) is 1. The van der Waals surface area contributed by atoms with Crippen LogP contribution in [0.5, 0.6) is 0 Å². The summed E-state index contributed by atoms with van der Waals surface area (Å²) in [5.74, 6) is 0. The molecule has 0 heterocycles. The molecule has 1 aliphatic carbocycles. The van der Waals surface area contributed by atoms with Gasteiger partial charge in [-0.1, -0.05) is 103 Å². The summed E-state index contributed by atoms with van der Waals surface area (Å²) in [4.78, 5) is 2.02. The number of benzene rings is 4. The molecule has 4 aromatic carbocycles. The average Bonchev–Trinajstić information content (AvgIpc) is 3.34. The molecule has 40 heavy (non-hydrogen) atoms. The minimum atomic E-state index is -4.44. The highest BCUT2D eigenvalue weighted by atomic mass is 79.9. The van der Waals surface area contributed by atoms with Crippen LogP contribution in [0.25, 0.3) is 11.1 Å². The van der Waals surface area contributed by atoms with Gasteiger partial charge in [0, 0.05) is 50.7 Å². The van der Waals surface area contributed by atoms with Crippen LogP contribution >= 0.6 is 31.9 Å². The quantitative estimate of drug-likeness (QED) is 0.208. The van der Waals surface area contributed by atoms with Crippen LogP contribution in [0.15, 0.2) is 75.7 Å². The fraction of sp³-hybridized carbons (Fsp3) is 0.351. The lowest BCUT2D eigenvalue weighted by atomic mass is 9.59. The van der Waals surface area contributed by atoms with Crippen LogP contribution in [0.3, 0.4) is 0 Å². The second-order valence-electron chi connectivity index (χ2n) is 10.7. The Morgan fingerprint density at radius 2 is 0.975 bits per heavy atom. The van der Waals surface area contributed by atoms with Gasteiger partial charge in [0.1, 0.15) is 0 Å². The molecule has 0 bridgehead atoms. The van der Waals surface area contributed by atoms with Crippen molar-refractivity contribution in [2.45, 2.75) is 79.6 Å². The normalized spacial score (nSPS) is 25.1. The third-order valence-electron chi connectivity index (χ3n) is 7.77. The number of rotatable bonds is 4. The van der Waals surface area contributed by atoms with Crippen LogP contribution in [0.4, 0.5) is 17.1 Å². The standard InChI is InChI=1S/C37H41Br2N/c1-22-17-29(18-23(2)33(22)38)40(30-19-24(3)34(39)25(4)20-30)28-14-11-26(12-15-28)27-13-16-31-32(21-27)36(7,8)37(9,10)35(31,5)6/h11-21H,1-10H3/i5D3,6D3,7D3,8D3,9D3,10D3. The smallest absolute Gasteiger partial charge is 0.0467 e. The zero-order valence-electron chi connectivity index (χ0n) is 40.6. The summed E-state index contributed by atoms with van der Waals surface area (Å²) in [5, 5.41) is 0. The summed E-state index contributed by atoms with van der Waals surface area (Å²) in [7, 11) is 0. The van der Waals surface area contributed by atoms with E-state index in [-0.39, 0.29) is 5.56 Å². The van der Waals surface area contributed by atoms with Crippen molar-refractivity contribution in [3.05, 3.63) is 109 Å². The minimum Gasteiger partial charge on any atom is -0.310 e. The van der Waals surface area contributed by atoms with Gasteiger partial charge in [-0.05, 0) is 125 Å². The molecule has 0 saturated carbocycles. The van der Waals surface area contributed by atoms with E-state index in [4.69, 9.17) is 24.7 Å². The highest BCUT2D eigenvalue weighted by Gasteiger charge is 2.56. The molecule has 3 heteroatoms. The topological polar surface area (TPSA) is 3.24 Å². The second-order valence-corrected chi connectivity index (χ2v) is 12.3. The fourth-order valence-electron chi connectivity index (χ4n) is 5.40. The van der Waals surface area contributed by atoms with E-state index in [2.05, 4.69) is 31.9 Å². The van der Waals surface area contributed by atoms with E-state index >= 15 is 0 Å². The Labute approximate surface area is 283 Å². The van der Waals surface area contributed by atoms with Gasteiger partial charge < -0.3 is 4.90 Å². The Balaban J connectivity index is 1.90. The van der Waals surface area contributed by atoms with E-state index in [1.165, 1.54) is 6.07 Å². The first kappa shape index (κ1) is 14.2. The van der Waals surface area contributed by atoms with Crippen LogP contribution in [0, 0.1) is 33.1 Å². The molecule has 0 atom stereocenters. The van der Waals surface area contributed by atoms with Gasteiger partial charge in [0.05, 0.1) is 0 Å². The molecular weight excluding hydrogens is 618 g/mol. The molecule has 1 nitrogen and oxygen atoms in total. The van der Waals surface area contributed by atoms with Gasteiger partial charge in [0.2, 0.25) is 0 Å². The summed E-state index contributed by atoms with van der Waals surface area (Å²) in [6.45, 7) is -17.3. The third kappa shape index (κ3) is 4.40. The molecular formula is C37H41Br2N. The molecule has 208 valence electrons. The van der Waals surface area contributed by atoms with E-state index in [1.54, 1.807) is 24.3 Å². The largest absolute Gasteiger partial charge is 0.310 e. The molecule has 0 amide bonds. The number of hydrogen-bond donors (Lipinski definition) is 0. The monoisotopic (exact) mass is 675 g/mol. The lowest BCUT2D eigenvalue weighted by molar-refractivity contribution is 0.125. The van der Waals surface area contributed by atoms with Crippen molar-refractivity contribution in [1.29, 1.82) is 0 Å². The van der Waals surface area contributed by atoms with Crippen molar-refractivity contribution < 1.29 is 24.7 Å². The Bertz CT molecular complexity index is 2100. The first-order chi connectivity index (χ1) is 26.1. The molecule has 0 spiro atoms. The molecule has 0 aliphatic heterocycles. The Morgan fingerprint density at radius 3 is 1.43 bits per heavy atom. The first-order valence-corrected chi connectivity index (χ1v) is 14.3. The van der Waals surface area contributed by atoms with Crippen LogP contribution in [0.2, 0.25) is 0 Å². The van der Waals surface area contributed by atoms with Gasteiger partial charge in [0.25, 0.3) is 0 Å². The molecule has 0 radical (unpaired) electrons. The summed E-state index contributed by atoms with van der Waals surface area (Å²) >= 11 is 7.27. The number of fused-ring (bicyclic) bond motifs is 1. The molecule has 1 aliphatic rings. The van der Waals surface area contributed by atoms with Crippen molar-refractivity contribution in [2.75, 3.05) is 4.90 Å². The lowest BCUT2D eigenvalue weighted by Crippen LogP contribution is -2.42. The van der Waals surface area contributed by atoms with Crippen molar-refractivity contribution in [2.24, 2.45) is 5.41 Å². The highest BCUT2D eigenvalue weighted by molar-refractivity contribution is 9.10. The van der Waals surface area contributed by atoms with Gasteiger partial charge in [-0.25, -0.2) is 0 Å². The summed E-state index contributed by atoms with van der Waals surface area (Å²) in [6, 6.07) is 17.8. The van der Waals surface area contributed by atoms with E-state index in [0.717, 1.165) is 54.7 Å². The van der Waals surface area contributed by atoms with Crippen molar-refractivity contribution in [1.82, 2.24) is 0 Å². The van der Waals surface area contributed by atoms with Gasteiger partial charge >= 0.3 is 0 Å². The molecule has 5 rings (SSSR count). The van der Waals surface area contributed by atoms with Gasteiger partial charge in [-0.2, -0.15) is 0 Å². The zero-order valence-corrected chi connectivity index (χ0v) is 25.7.